The monoisotopic (exact) mass is 388 g/mol. The molecule has 1 aliphatic heterocycles. The summed E-state index contributed by atoms with van der Waals surface area (Å²) >= 11 is 5.94. The van der Waals surface area contributed by atoms with Gasteiger partial charge in [-0.05, 0) is 30.7 Å². The van der Waals surface area contributed by atoms with Gasteiger partial charge in [-0.25, -0.2) is 0 Å². The van der Waals surface area contributed by atoms with Crippen molar-refractivity contribution in [1.82, 2.24) is 10.2 Å². The van der Waals surface area contributed by atoms with Crippen molar-refractivity contribution in [3.05, 3.63) is 65.2 Å². The first-order valence-corrected chi connectivity index (χ1v) is 9.56. The largest absolute Gasteiger partial charge is 0.481 e. The molecule has 0 bridgehead atoms. The van der Waals surface area contributed by atoms with E-state index in [9.17, 15) is 4.79 Å². The lowest BCUT2D eigenvalue weighted by atomic mass is 10.2. The molecule has 0 radical (unpaired) electrons. The fourth-order valence-electron chi connectivity index (χ4n) is 3.05. The standard InChI is InChI=1S/C21H25ClN2O3/c1-16(27-19-9-5-8-18(22)12-19)21(25)23-13-20-15-24(10-11-26-20)14-17-6-3-2-4-7-17/h2-9,12,16,20H,10-11,13-15H2,1H3,(H,23,25). The Balaban J connectivity index is 1.43. The number of halogens is 1. The second kappa shape index (κ2) is 9.74. The number of rotatable bonds is 7. The van der Waals surface area contributed by atoms with Crippen LogP contribution in [0.15, 0.2) is 54.6 Å². The van der Waals surface area contributed by atoms with Gasteiger partial charge in [-0.1, -0.05) is 48.0 Å². The van der Waals surface area contributed by atoms with Gasteiger partial charge in [0.1, 0.15) is 5.75 Å². The summed E-state index contributed by atoms with van der Waals surface area (Å²) < 4.78 is 11.4. The summed E-state index contributed by atoms with van der Waals surface area (Å²) in [6, 6.07) is 17.4. The molecule has 0 aromatic heterocycles. The van der Waals surface area contributed by atoms with Crippen molar-refractivity contribution in [2.75, 3.05) is 26.2 Å². The Kier molecular flexibility index (Phi) is 7.10. The van der Waals surface area contributed by atoms with Crippen molar-refractivity contribution < 1.29 is 14.3 Å². The van der Waals surface area contributed by atoms with Gasteiger partial charge in [-0.3, -0.25) is 9.69 Å². The molecule has 0 aliphatic carbocycles. The Morgan fingerprint density at radius 2 is 2.11 bits per heavy atom. The van der Waals surface area contributed by atoms with Gasteiger partial charge in [0.25, 0.3) is 5.91 Å². The molecule has 2 unspecified atom stereocenters. The molecule has 3 rings (SSSR count). The molecule has 1 N–H and O–H groups in total. The fraction of sp³-hybridized carbons (Fsp3) is 0.381. The molecule has 1 amide bonds. The van der Waals surface area contributed by atoms with Crippen LogP contribution in [0.2, 0.25) is 5.02 Å². The number of ether oxygens (including phenoxy) is 2. The summed E-state index contributed by atoms with van der Waals surface area (Å²) in [5, 5.41) is 3.50. The summed E-state index contributed by atoms with van der Waals surface area (Å²) in [6.07, 6.45) is -0.628. The van der Waals surface area contributed by atoms with Crippen molar-refractivity contribution in [2.24, 2.45) is 0 Å². The molecule has 1 fully saturated rings. The van der Waals surface area contributed by atoms with Gasteiger partial charge in [0.05, 0.1) is 12.7 Å². The SMILES string of the molecule is CC(Oc1cccc(Cl)c1)C(=O)NCC1CN(Cc2ccccc2)CCO1. The van der Waals surface area contributed by atoms with E-state index >= 15 is 0 Å². The van der Waals surface area contributed by atoms with E-state index in [1.54, 1.807) is 31.2 Å². The second-order valence-corrected chi connectivity index (χ2v) is 7.11. The van der Waals surface area contributed by atoms with Crippen LogP contribution in [0.4, 0.5) is 0 Å². The van der Waals surface area contributed by atoms with Crippen molar-refractivity contribution in [1.29, 1.82) is 0 Å². The second-order valence-electron chi connectivity index (χ2n) is 6.68. The van der Waals surface area contributed by atoms with E-state index in [1.807, 2.05) is 6.07 Å². The van der Waals surface area contributed by atoms with E-state index < -0.39 is 6.10 Å². The van der Waals surface area contributed by atoms with Crippen molar-refractivity contribution >= 4 is 17.5 Å². The molecule has 6 heteroatoms. The quantitative estimate of drug-likeness (QED) is 0.791. The molecule has 144 valence electrons. The number of benzene rings is 2. The Bertz CT molecular complexity index is 741. The molecular weight excluding hydrogens is 364 g/mol. The van der Waals surface area contributed by atoms with Gasteiger partial charge in [-0.2, -0.15) is 0 Å². The molecule has 27 heavy (non-hydrogen) atoms. The molecule has 2 aromatic carbocycles. The third kappa shape index (κ3) is 6.24. The zero-order valence-corrected chi connectivity index (χ0v) is 16.2. The topological polar surface area (TPSA) is 50.8 Å². The molecular formula is C21H25ClN2O3. The van der Waals surface area contributed by atoms with Crippen LogP contribution in [0.5, 0.6) is 5.75 Å². The lowest BCUT2D eigenvalue weighted by Gasteiger charge is -2.33. The zero-order valence-electron chi connectivity index (χ0n) is 15.4. The van der Waals surface area contributed by atoms with Gasteiger partial charge >= 0.3 is 0 Å². The average Bonchev–Trinajstić information content (AvgIpc) is 2.67. The van der Waals surface area contributed by atoms with Crippen LogP contribution in [-0.2, 0) is 16.1 Å². The molecule has 1 saturated heterocycles. The highest BCUT2D eigenvalue weighted by molar-refractivity contribution is 6.30. The maximum Gasteiger partial charge on any atom is 0.260 e. The number of amides is 1. The van der Waals surface area contributed by atoms with Crippen molar-refractivity contribution in [2.45, 2.75) is 25.7 Å². The van der Waals surface area contributed by atoms with Crippen LogP contribution in [0, 0.1) is 0 Å². The molecule has 5 nitrogen and oxygen atoms in total. The predicted octanol–water partition coefficient (Wildman–Crippen LogP) is 3.12. The normalized spacial score (nSPS) is 18.7. The first-order chi connectivity index (χ1) is 13.1. The number of nitrogens with one attached hydrogen (secondary N) is 1. The molecule has 2 aromatic rings. The molecule has 0 saturated carbocycles. The minimum absolute atomic E-state index is 0.0234. The Morgan fingerprint density at radius 1 is 1.30 bits per heavy atom. The van der Waals surface area contributed by atoms with Gasteiger partial charge < -0.3 is 14.8 Å². The average molecular weight is 389 g/mol. The summed E-state index contributed by atoms with van der Waals surface area (Å²) in [5.74, 6) is 0.409. The summed E-state index contributed by atoms with van der Waals surface area (Å²) in [5.41, 5.74) is 1.28. The lowest BCUT2D eigenvalue weighted by Crippen LogP contribution is -2.48. The summed E-state index contributed by atoms with van der Waals surface area (Å²) in [6.45, 7) is 5.43. The number of nitrogens with zero attached hydrogens (tertiary/aromatic N) is 1. The number of hydrogen-bond donors (Lipinski definition) is 1. The van der Waals surface area contributed by atoms with Gasteiger partial charge in [-0.15, -0.1) is 0 Å². The van der Waals surface area contributed by atoms with Crippen molar-refractivity contribution in [3.8, 4) is 5.75 Å². The van der Waals surface area contributed by atoms with E-state index in [4.69, 9.17) is 21.1 Å². The maximum atomic E-state index is 12.3. The van der Waals surface area contributed by atoms with E-state index in [2.05, 4.69) is 34.5 Å². The van der Waals surface area contributed by atoms with Crippen LogP contribution in [0.3, 0.4) is 0 Å². The Morgan fingerprint density at radius 3 is 2.89 bits per heavy atom. The summed E-state index contributed by atoms with van der Waals surface area (Å²) in [7, 11) is 0. The third-order valence-electron chi connectivity index (χ3n) is 4.45. The van der Waals surface area contributed by atoms with Gasteiger partial charge in [0.15, 0.2) is 6.10 Å². The van der Waals surface area contributed by atoms with Crippen molar-refractivity contribution in [3.63, 3.8) is 0 Å². The highest BCUT2D eigenvalue weighted by atomic mass is 35.5. The van der Waals surface area contributed by atoms with Crippen LogP contribution in [0.1, 0.15) is 12.5 Å². The fourth-order valence-corrected chi connectivity index (χ4v) is 3.23. The number of carbonyl (C=O) groups is 1. The van der Waals surface area contributed by atoms with E-state index in [1.165, 1.54) is 5.56 Å². The Hall–Kier alpha value is -2.08. The first-order valence-electron chi connectivity index (χ1n) is 9.18. The minimum Gasteiger partial charge on any atom is -0.481 e. The highest BCUT2D eigenvalue weighted by Crippen LogP contribution is 2.18. The first kappa shape index (κ1) is 19.7. The van der Waals surface area contributed by atoms with E-state index in [0.717, 1.165) is 19.6 Å². The predicted molar refractivity (Wildman–Crippen MR) is 106 cm³/mol. The van der Waals surface area contributed by atoms with E-state index in [0.29, 0.717) is 23.9 Å². The Labute approximate surface area is 165 Å². The number of hydrogen-bond acceptors (Lipinski definition) is 4. The van der Waals surface area contributed by atoms with Gasteiger partial charge in [0.2, 0.25) is 0 Å². The summed E-state index contributed by atoms with van der Waals surface area (Å²) in [4.78, 5) is 14.7. The lowest BCUT2D eigenvalue weighted by molar-refractivity contribution is -0.128. The molecule has 2 atom stereocenters. The zero-order chi connectivity index (χ0) is 19.1. The number of morpholine rings is 1. The van der Waals surface area contributed by atoms with Crippen LogP contribution in [-0.4, -0.2) is 49.3 Å². The smallest absolute Gasteiger partial charge is 0.260 e. The third-order valence-corrected chi connectivity index (χ3v) is 4.69. The van der Waals surface area contributed by atoms with Crippen LogP contribution in [0.25, 0.3) is 0 Å². The maximum absolute atomic E-state index is 12.3. The minimum atomic E-state index is -0.604. The van der Waals surface area contributed by atoms with Crippen LogP contribution < -0.4 is 10.1 Å². The molecule has 1 aliphatic rings. The number of carbonyl (C=O) groups excluding carboxylic acids is 1. The van der Waals surface area contributed by atoms with Crippen LogP contribution >= 0.6 is 11.6 Å². The highest BCUT2D eigenvalue weighted by Gasteiger charge is 2.22. The molecule has 1 heterocycles. The van der Waals surface area contributed by atoms with E-state index in [-0.39, 0.29) is 12.0 Å². The van der Waals surface area contributed by atoms with Gasteiger partial charge in [0, 0.05) is 31.2 Å². The molecule has 0 spiro atoms.